The van der Waals surface area contributed by atoms with Crippen molar-refractivity contribution in [2.75, 3.05) is 39.3 Å². The molecule has 0 spiro atoms. The minimum Gasteiger partial charge on any atom is -0.356 e. The number of carbonyl (C=O) groups is 1. The number of hydrogen-bond acceptors (Lipinski definition) is 3. The van der Waals surface area contributed by atoms with Gasteiger partial charge >= 0.3 is 0 Å². The van der Waals surface area contributed by atoms with Gasteiger partial charge in [-0.15, -0.1) is 12.4 Å². The van der Waals surface area contributed by atoms with Crippen molar-refractivity contribution < 1.29 is 4.79 Å². The van der Waals surface area contributed by atoms with Crippen molar-refractivity contribution in [2.24, 2.45) is 11.8 Å². The van der Waals surface area contributed by atoms with E-state index < -0.39 is 0 Å². The summed E-state index contributed by atoms with van der Waals surface area (Å²) in [7, 11) is 0. The van der Waals surface area contributed by atoms with E-state index in [9.17, 15) is 4.79 Å². The van der Waals surface area contributed by atoms with Gasteiger partial charge in [-0.05, 0) is 25.3 Å². The lowest BCUT2D eigenvalue weighted by Gasteiger charge is -2.27. The Morgan fingerprint density at radius 3 is 2.62 bits per heavy atom. The van der Waals surface area contributed by atoms with Crippen molar-refractivity contribution in [3.05, 3.63) is 0 Å². The van der Waals surface area contributed by atoms with Gasteiger partial charge in [0.2, 0.25) is 5.91 Å². The molecular formula is C16H32ClN3O. The summed E-state index contributed by atoms with van der Waals surface area (Å²) in [6.07, 6.45) is 7.56. The Morgan fingerprint density at radius 1 is 1.29 bits per heavy atom. The van der Waals surface area contributed by atoms with Crippen molar-refractivity contribution in [1.29, 1.82) is 0 Å². The predicted molar refractivity (Wildman–Crippen MR) is 89.9 cm³/mol. The van der Waals surface area contributed by atoms with Crippen molar-refractivity contribution >= 4 is 18.3 Å². The molecule has 1 amide bonds. The van der Waals surface area contributed by atoms with Crippen LogP contribution >= 0.6 is 12.4 Å². The van der Waals surface area contributed by atoms with E-state index in [1.165, 1.54) is 25.7 Å². The first kappa shape index (κ1) is 18.7. The molecule has 1 saturated carbocycles. The van der Waals surface area contributed by atoms with E-state index in [4.69, 9.17) is 0 Å². The maximum absolute atomic E-state index is 12.0. The van der Waals surface area contributed by atoms with E-state index in [-0.39, 0.29) is 24.2 Å². The average Bonchev–Trinajstić information content (AvgIpc) is 2.97. The number of piperazine rings is 1. The Morgan fingerprint density at radius 2 is 1.95 bits per heavy atom. The number of nitrogens with zero attached hydrogens (tertiary/aromatic N) is 1. The van der Waals surface area contributed by atoms with E-state index in [2.05, 4.69) is 22.5 Å². The Bertz CT molecular complexity index is 289. The molecular weight excluding hydrogens is 286 g/mol. The number of nitrogens with one attached hydrogen (secondary N) is 2. The first-order chi connectivity index (χ1) is 9.75. The Kier molecular flexibility index (Phi) is 9.29. The molecule has 1 aliphatic carbocycles. The molecule has 2 aliphatic rings. The number of halogens is 1. The molecule has 5 heteroatoms. The minimum absolute atomic E-state index is 0. The van der Waals surface area contributed by atoms with E-state index in [0.717, 1.165) is 58.0 Å². The average molecular weight is 318 g/mol. The van der Waals surface area contributed by atoms with E-state index in [1.54, 1.807) is 0 Å². The summed E-state index contributed by atoms with van der Waals surface area (Å²) in [5.41, 5.74) is 0. The summed E-state index contributed by atoms with van der Waals surface area (Å²) >= 11 is 0. The fourth-order valence-electron chi connectivity index (χ4n) is 3.48. The fraction of sp³-hybridized carbons (Fsp3) is 0.938. The molecule has 0 aromatic carbocycles. The number of rotatable bonds is 7. The highest BCUT2D eigenvalue weighted by molar-refractivity contribution is 5.85. The highest BCUT2D eigenvalue weighted by atomic mass is 35.5. The third-order valence-electron chi connectivity index (χ3n) is 4.77. The predicted octanol–water partition coefficient (Wildman–Crippen LogP) is 2.04. The lowest BCUT2D eigenvalue weighted by Crippen LogP contribution is -2.44. The molecule has 2 N–H and O–H groups in total. The van der Waals surface area contributed by atoms with Crippen LogP contribution in [-0.2, 0) is 4.79 Å². The first-order valence-corrected chi connectivity index (χ1v) is 8.46. The zero-order valence-corrected chi connectivity index (χ0v) is 14.2. The monoisotopic (exact) mass is 317 g/mol. The second-order valence-electron chi connectivity index (χ2n) is 6.52. The summed E-state index contributed by atoms with van der Waals surface area (Å²) < 4.78 is 0. The van der Waals surface area contributed by atoms with Crippen molar-refractivity contribution in [2.45, 2.75) is 45.4 Å². The quantitative estimate of drug-likeness (QED) is 0.706. The Balaban J connectivity index is 0.00000220. The van der Waals surface area contributed by atoms with Gasteiger partial charge in [0.15, 0.2) is 0 Å². The molecule has 4 nitrogen and oxygen atoms in total. The normalized spacial score (nSPS) is 21.8. The highest BCUT2D eigenvalue weighted by Crippen LogP contribution is 2.30. The lowest BCUT2D eigenvalue weighted by molar-refractivity contribution is -0.125. The molecule has 2 rings (SSSR count). The largest absolute Gasteiger partial charge is 0.356 e. The molecule has 21 heavy (non-hydrogen) atoms. The summed E-state index contributed by atoms with van der Waals surface area (Å²) in [4.78, 5) is 14.5. The fourth-order valence-corrected chi connectivity index (χ4v) is 3.48. The first-order valence-electron chi connectivity index (χ1n) is 8.46. The maximum atomic E-state index is 12.0. The van der Waals surface area contributed by atoms with Gasteiger partial charge in [-0.1, -0.05) is 32.6 Å². The number of amides is 1. The molecule has 0 bridgehead atoms. The van der Waals surface area contributed by atoms with Gasteiger partial charge in [-0.25, -0.2) is 0 Å². The summed E-state index contributed by atoms with van der Waals surface area (Å²) in [6, 6.07) is 0. The van der Waals surface area contributed by atoms with Crippen LogP contribution in [0.1, 0.15) is 45.4 Å². The van der Waals surface area contributed by atoms with E-state index >= 15 is 0 Å². The van der Waals surface area contributed by atoms with Crippen LogP contribution in [0, 0.1) is 11.8 Å². The molecule has 1 aliphatic heterocycles. The van der Waals surface area contributed by atoms with Crippen molar-refractivity contribution in [3.8, 4) is 0 Å². The second kappa shape index (κ2) is 10.4. The zero-order valence-electron chi connectivity index (χ0n) is 13.4. The van der Waals surface area contributed by atoms with Gasteiger partial charge in [0.05, 0.1) is 0 Å². The van der Waals surface area contributed by atoms with Crippen LogP contribution in [0.2, 0.25) is 0 Å². The summed E-state index contributed by atoms with van der Waals surface area (Å²) in [5, 5.41) is 6.48. The van der Waals surface area contributed by atoms with Crippen LogP contribution in [-0.4, -0.2) is 50.1 Å². The smallest absolute Gasteiger partial charge is 0.222 e. The maximum Gasteiger partial charge on any atom is 0.222 e. The SMILES string of the molecule is CC(CC1CCCC1)C(=O)NCCCN1CCNCC1.Cl. The molecule has 0 aromatic heterocycles. The van der Waals surface area contributed by atoms with Gasteiger partial charge in [-0.2, -0.15) is 0 Å². The number of hydrogen-bond donors (Lipinski definition) is 2. The third-order valence-corrected chi connectivity index (χ3v) is 4.77. The summed E-state index contributed by atoms with van der Waals surface area (Å²) in [5.74, 6) is 1.26. The van der Waals surface area contributed by atoms with Gasteiger partial charge in [-0.3, -0.25) is 4.79 Å². The minimum atomic E-state index is 0. The van der Waals surface area contributed by atoms with E-state index in [1.807, 2.05) is 0 Å². The Labute approximate surface area is 135 Å². The Hall–Kier alpha value is -0.320. The van der Waals surface area contributed by atoms with Gasteiger partial charge < -0.3 is 15.5 Å². The van der Waals surface area contributed by atoms with Crippen LogP contribution in [0.25, 0.3) is 0 Å². The van der Waals surface area contributed by atoms with Gasteiger partial charge in [0.25, 0.3) is 0 Å². The number of carbonyl (C=O) groups excluding carboxylic acids is 1. The molecule has 1 atom stereocenters. The molecule has 0 aromatic rings. The molecule has 0 radical (unpaired) electrons. The molecule has 124 valence electrons. The zero-order chi connectivity index (χ0) is 14.2. The molecule has 1 saturated heterocycles. The topological polar surface area (TPSA) is 44.4 Å². The van der Waals surface area contributed by atoms with Crippen LogP contribution in [0.15, 0.2) is 0 Å². The third kappa shape index (κ3) is 6.98. The van der Waals surface area contributed by atoms with Crippen molar-refractivity contribution in [1.82, 2.24) is 15.5 Å². The van der Waals surface area contributed by atoms with Crippen molar-refractivity contribution in [3.63, 3.8) is 0 Å². The van der Waals surface area contributed by atoms with Crippen LogP contribution in [0.5, 0.6) is 0 Å². The molecule has 1 unspecified atom stereocenters. The van der Waals surface area contributed by atoms with Crippen LogP contribution in [0.4, 0.5) is 0 Å². The second-order valence-corrected chi connectivity index (χ2v) is 6.52. The van der Waals surface area contributed by atoms with Crippen LogP contribution in [0.3, 0.4) is 0 Å². The summed E-state index contributed by atoms with van der Waals surface area (Å²) in [6.45, 7) is 8.52. The lowest BCUT2D eigenvalue weighted by atomic mass is 9.94. The molecule has 1 heterocycles. The highest BCUT2D eigenvalue weighted by Gasteiger charge is 2.21. The van der Waals surface area contributed by atoms with E-state index in [0.29, 0.717) is 0 Å². The van der Waals surface area contributed by atoms with Gasteiger partial charge in [0.1, 0.15) is 0 Å². The molecule has 2 fully saturated rings. The van der Waals surface area contributed by atoms with Gasteiger partial charge in [0, 0.05) is 38.6 Å². The van der Waals surface area contributed by atoms with Crippen LogP contribution < -0.4 is 10.6 Å². The standard InChI is InChI=1S/C16H31N3O.ClH/c1-14(13-15-5-2-3-6-15)16(20)18-7-4-10-19-11-8-17-9-12-19;/h14-15,17H,2-13H2,1H3,(H,18,20);1H.